The molecule has 1 fully saturated rings. The molecular formula is C13H23NO4S. The van der Waals surface area contributed by atoms with E-state index in [1.807, 2.05) is 20.8 Å². The highest BCUT2D eigenvalue weighted by Gasteiger charge is 2.31. The van der Waals surface area contributed by atoms with Crippen molar-refractivity contribution in [1.82, 2.24) is 5.32 Å². The normalized spacial score (nSPS) is 23.6. The van der Waals surface area contributed by atoms with E-state index in [4.69, 9.17) is 4.74 Å². The van der Waals surface area contributed by atoms with Gasteiger partial charge in [-0.05, 0) is 46.0 Å². The van der Waals surface area contributed by atoms with Crippen LogP contribution >= 0.6 is 12.9 Å². The van der Waals surface area contributed by atoms with Crippen LogP contribution in [-0.2, 0) is 13.7 Å². The average molecular weight is 289 g/mol. The molecule has 1 rings (SSSR count). The Labute approximate surface area is 120 Å². The Balaban J connectivity index is 2.34. The van der Waals surface area contributed by atoms with Crippen molar-refractivity contribution in [1.29, 1.82) is 0 Å². The molecule has 0 bridgehead atoms. The van der Waals surface area contributed by atoms with Crippen molar-refractivity contribution >= 4 is 25.0 Å². The lowest BCUT2D eigenvalue weighted by atomic mass is 9.89. The van der Waals surface area contributed by atoms with Gasteiger partial charge in [0.25, 0.3) is 0 Å². The molecule has 5 nitrogen and oxygen atoms in total. The number of nitrogens with one attached hydrogen (secondary N) is 1. The monoisotopic (exact) mass is 289 g/mol. The summed E-state index contributed by atoms with van der Waals surface area (Å²) in [7, 11) is 0. The van der Waals surface area contributed by atoms with Crippen molar-refractivity contribution in [3.05, 3.63) is 0 Å². The fraction of sp³-hybridized carbons (Fsp3) is 0.846. The van der Waals surface area contributed by atoms with Crippen molar-refractivity contribution in [2.45, 2.75) is 65.0 Å². The van der Waals surface area contributed by atoms with Crippen molar-refractivity contribution in [3.63, 3.8) is 0 Å². The summed E-state index contributed by atoms with van der Waals surface area (Å²) in [5.74, 6) is -0.138. The summed E-state index contributed by atoms with van der Waals surface area (Å²) in [4.78, 5) is 23.0. The van der Waals surface area contributed by atoms with Gasteiger partial charge in [0.1, 0.15) is 6.10 Å². The first kappa shape index (κ1) is 16.1. The Kier molecular flexibility index (Phi) is 5.97. The van der Waals surface area contributed by atoms with Gasteiger partial charge in [-0.3, -0.25) is 4.79 Å². The predicted octanol–water partition coefficient (Wildman–Crippen LogP) is 2.85. The maximum atomic E-state index is 11.9. The molecule has 1 amide bonds. The minimum absolute atomic E-state index is 0.0385. The van der Waals surface area contributed by atoms with Crippen LogP contribution in [-0.4, -0.2) is 24.2 Å². The number of amides is 1. The first-order valence-corrected chi connectivity index (χ1v) is 7.08. The van der Waals surface area contributed by atoms with Gasteiger partial charge in [-0.1, -0.05) is 6.92 Å². The van der Waals surface area contributed by atoms with Crippen molar-refractivity contribution in [2.75, 3.05) is 0 Å². The lowest BCUT2D eigenvalue weighted by Gasteiger charge is -2.31. The van der Waals surface area contributed by atoms with E-state index in [1.54, 1.807) is 0 Å². The van der Waals surface area contributed by atoms with E-state index in [2.05, 4.69) is 22.4 Å². The van der Waals surface area contributed by atoms with Crippen LogP contribution in [0.4, 0.5) is 4.79 Å². The summed E-state index contributed by atoms with van der Waals surface area (Å²) in [6, 6.07) is 0.0776. The average Bonchev–Trinajstić information content (AvgIpc) is 2.40. The molecular weight excluding hydrogens is 266 g/mol. The standard InChI is InChI=1S/C13H23NO4S/c1-4-13(2,3)11(15)17-10-7-5-9(6-8-10)14-12(16)18-19/h9-10,19H,4-8H2,1-3H3,(H,14,16). The highest BCUT2D eigenvalue weighted by Crippen LogP contribution is 2.27. The molecule has 0 unspecified atom stereocenters. The van der Waals surface area contributed by atoms with Crippen LogP contribution in [0, 0.1) is 5.41 Å². The van der Waals surface area contributed by atoms with Gasteiger partial charge in [0.15, 0.2) is 0 Å². The molecule has 0 aromatic carbocycles. The van der Waals surface area contributed by atoms with Gasteiger partial charge in [-0.15, -0.1) is 0 Å². The molecule has 0 aliphatic heterocycles. The Bertz CT molecular complexity index is 325. The van der Waals surface area contributed by atoms with E-state index in [0.29, 0.717) is 0 Å². The topological polar surface area (TPSA) is 64.6 Å². The third kappa shape index (κ3) is 4.93. The summed E-state index contributed by atoms with van der Waals surface area (Å²) >= 11 is 3.44. The number of rotatable bonds is 4. The highest BCUT2D eigenvalue weighted by molar-refractivity contribution is 7.75. The number of thiol groups is 1. The summed E-state index contributed by atoms with van der Waals surface area (Å²) in [5, 5.41) is 2.71. The molecule has 1 aliphatic rings. The van der Waals surface area contributed by atoms with E-state index >= 15 is 0 Å². The molecule has 0 spiro atoms. The van der Waals surface area contributed by atoms with Gasteiger partial charge >= 0.3 is 12.1 Å². The Morgan fingerprint density at radius 2 is 1.84 bits per heavy atom. The summed E-state index contributed by atoms with van der Waals surface area (Å²) in [5.41, 5.74) is -0.426. The zero-order valence-corrected chi connectivity index (χ0v) is 12.7. The summed E-state index contributed by atoms with van der Waals surface area (Å²) in [6.45, 7) is 5.77. The zero-order chi connectivity index (χ0) is 14.5. The molecule has 19 heavy (non-hydrogen) atoms. The molecule has 1 aliphatic carbocycles. The SMILES string of the molecule is CCC(C)(C)C(=O)OC1CCC(NC(=O)OS)CC1. The molecule has 0 aromatic heterocycles. The third-order valence-electron chi connectivity index (χ3n) is 3.79. The fourth-order valence-electron chi connectivity index (χ4n) is 1.97. The number of ether oxygens (including phenoxy) is 1. The smallest absolute Gasteiger partial charge is 0.419 e. The number of esters is 1. The van der Waals surface area contributed by atoms with Gasteiger partial charge in [-0.25, -0.2) is 4.79 Å². The van der Waals surface area contributed by atoms with E-state index in [-0.39, 0.29) is 18.1 Å². The second kappa shape index (κ2) is 7.03. The molecule has 1 saturated carbocycles. The predicted molar refractivity (Wildman–Crippen MR) is 74.8 cm³/mol. The zero-order valence-electron chi connectivity index (χ0n) is 11.8. The van der Waals surface area contributed by atoms with E-state index in [1.165, 1.54) is 0 Å². The largest absolute Gasteiger partial charge is 0.462 e. The molecule has 110 valence electrons. The first-order chi connectivity index (χ1) is 8.89. The quantitative estimate of drug-likeness (QED) is 0.474. The van der Waals surface area contributed by atoms with Crippen LogP contribution in [0.5, 0.6) is 0 Å². The maximum absolute atomic E-state index is 11.9. The van der Waals surface area contributed by atoms with Crippen LogP contribution in [0.1, 0.15) is 52.9 Å². The highest BCUT2D eigenvalue weighted by atomic mass is 32.1. The molecule has 0 saturated heterocycles. The van der Waals surface area contributed by atoms with Crippen LogP contribution in [0.15, 0.2) is 0 Å². The molecule has 0 heterocycles. The Hall–Kier alpha value is -0.910. The van der Waals surface area contributed by atoms with E-state index in [0.717, 1.165) is 32.1 Å². The second-order valence-electron chi connectivity index (χ2n) is 5.64. The van der Waals surface area contributed by atoms with Crippen molar-refractivity contribution < 1.29 is 18.5 Å². The van der Waals surface area contributed by atoms with Gasteiger partial charge in [0, 0.05) is 19.0 Å². The minimum atomic E-state index is -0.532. The second-order valence-corrected chi connectivity index (χ2v) is 5.82. The van der Waals surface area contributed by atoms with Crippen LogP contribution in [0.3, 0.4) is 0 Å². The van der Waals surface area contributed by atoms with Gasteiger partial charge in [0.2, 0.25) is 0 Å². The number of hydrogen-bond donors (Lipinski definition) is 2. The lowest BCUT2D eigenvalue weighted by molar-refractivity contribution is -0.161. The Morgan fingerprint density at radius 1 is 1.26 bits per heavy atom. The van der Waals surface area contributed by atoms with Gasteiger partial charge in [-0.2, -0.15) is 0 Å². The Morgan fingerprint density at radius 3 is 2.32 bits per heavy atom. The van der Waals surface area contributed by atoms with Gasteiger partial charge in [0.05, 0.1) is 5.41 Å². The van der Waals surface area contributed by atoms with E-state index in [9.17, 15) is 9.59 Å². The lowest BCUT2D eigenvalue weighted by Crippen LogP contribution is -2.40. The first-order valence-electron chi connectivity index (χ1n) is 6.72. The van der Waals surface area contributed by atoms with Crippen molar-refractivity contribution in [3.8, 4) is 0 Å². The van der Waals surface area contributed by atoms with Crippen molar-refractivity contribution in [2.24, 2.45) is 5.41 Å². The summed E-state index contributed by atoms with van der Waals surface area (Å²) in [6.07, 6.45) is 3.29. The fourth-order valence-corrected chi connectivity index (χ4v) is 2.03. The molecule has 6 heteroatoms. The van der Waals surface area contributed by atoms with Crippen LogP contribution in [0.2, 0.25) is 0 Å². The maximum Gasteiger partial charge on any atom is 0.419 e. The molecule has 0 aromatic rings. The minimum Gasteiger partial charge on any atom is -0.462 e. The number of hydrogen-bond acceptors (Lipinski definition) is 5. The third-order valence-corrected chi connectivity index (χ3v) is 3.96. The molecule has 0 atom stereocenters. The number of carbonyl (C=O) groups excluding carboxylic acids is 2. The van der Waals surface area contributed by atoms with E-state index < -0.39 is 11.5 Å². The summed E-state index contributed by atoms with van der Waals surface area (Å²) < 4.78 is 9.79. The molecule has 1 N–H and O–H groups in total. The van der Waals surface area contributed by atoms with Crippen LogP contribution < -0.4 is 5.32 Å². The van der Waals surface area contributed by atoms with Crippen LogP contribution in [0.25, 0.3) is 0 Å². The number of carbonyl (C=O) groups is 2. The molecule has 0 radical (unpaired) electrons. The van der Waals surface area contributed by atoms with Gasteiger partial charge < -0.3 is 14.2 Å².